The lowest BCUT2D eigenvalue weighted by atomic mass is 10.1. The summed E-state index contributed by atoms with van der Waals surface area (Å²) in [5.74, 6) is 0.653. The predicted molar refractivity (Wildman–Crippen MR) is 108 cm³/mol. The summed E-state index contributed by atoms with van der Waals surface area (Å²) in [5, 5.41) is 8.79. The van der Waals surface area contributed by atoms with Gasteiger partial charge in [0, 0.05) is 17.0 Å². The van der Waals surface area contributed by atoms with Crippen LogP contribution in [0.15, 0.2) is 43.0 Å². The van der Waals surface area contributed by atoms with Crippen LogP contribution in [0.1, 0.15) is 29.9 Å². The number of aromatic nitrogens is 7. The van der Waals surface area contributed by atoms with Gasteiger partial charge in [-0.05, 0) is 51.2 Å². The molecule has 1 aromatic carbocycles. The van der Waals surface area contributed by atoms with Crippen molar-refractivity contribution in [2.45, 2.75) is 33.5 Å². The second-order valence-electron chi connectivity index (χ2n) is 7.11. The van der Waals surface area contributed by atoms with Crippen LogP contribution in [0.5, 0.6) is 0 Å². The van der Waals surface area contributed by atoms with Crippen LogP contribution >= 0.6 is 12.2 Å². The first-order chi connectivity index (χ1) is 13.4. The summed E-state index contributed by atoms with van der Waals surface area (Å²) in [5.41, 5.74) is 4.22. The molecule has 0 fully saturated rings. The molecule has 0 aliphatic heterocycles. The van der Waals surface area contributed by atoms with Gasteiger partial charge in [-0.1, -0.05) is 12.1 Å². The average molecular weight is 396 g/mol. The Labute approximate surface area is 168 Å². The molecule has 0 saturated heterocycles. The molecule has 4 aromatic rings. The molecule has 0 amide bonds. The minimum atomic E-state index is 0.271. The summed E-state index contributed by atoms with van der Waals surface area (Å²) in [4.78, 5) is 9.77. The van der Waals surface area contributed by atoms with Gasteiger partial charge in [0.25, 0.3) is 5.78 Å². The van der Waals surface area contributed by atoms with Gasteiger partial charge in [0.1, 0.15) is 18.7 Å². The van der Waals surface area contributed by atoms with E-state index >= 15 is 0 Å². The van der Waals surface area contributed by atoms with Crippen LogP contribution in [0.4, 0.5) is 0 Å². The second kappa shape index (κ2) is 7.25. The molecule has 9 heteroatoms. The first-order valence-electron chi connectivity index (χ1n) is 9.15. The third-order valence-electron chi connectivity index (χ3n) is 5.08. The molecule has 2 atom stereocenters. The van der Waals surface area contributed by atoms with Gasteiger partial charge in [-0.2, -0.15) is 9.78 Å². The van der Waals surface area contributed by atoms with E-state index < -0.39 is 0 Å². The monoisotopic (exact) mass is 395 g/mol. The SMILES string of the molecule is Cc1cc(C)n2c(=S)n(C[NH+](C)[C@@H](C)c3ccc(-n4cncn4)cc3)nc2n1. The molecular weight excluding hydrogens is 372 g/mol. The van der Waals surface area contributed by atoms with Crippen LogP contribution in [0.25, 0.3) is 11.5 Å². The van der Waals surface area contributed by atoms with E-state index in [1.165, 1.54) is 16.8 Å². The van der Waals surface area contributed by atoms with E-state index in [9.17, 15) is 0 Å². The first-order valence-corrected chi connectivity index (χ1v) is 9.56. The number of benzene rings is 1. The summed E-state index contributed by atoms with van der Waals surface area (Å²) in [6, 6.07) is 10.7. The van der Waals surface area contributed by atoms with Crippen molar-refractivity contribution >= 4 is 18.0 Å². The fraction of sp³-hybridized carbons (Fsp3) is 0.316. The van der Waals surface area contributed by atoms with Crippen molar-refractivity contribution in [3.05, 3.63) is 64.7 Å². The Hall–Kier alpha value is -2.91. The quantitative estimate of drug-likeness (QED) is 0.521. The summed E-state index contributed by atoms with van der Waals surface area (Å²) in [7, 11) is 2.15. The molecule has 144 valence electrons. The van der Waals surface area contributed by atoms with Crippen LogP contribution in [-0.2, 0) is 6.67 Å². The maximum Gasteiger partial charge on any atom is 0.254 e. The minimum Gasteiger partial charge on any atom is -0.313 e. The van der Waals surface area contributed by atoms with Crippen LogP contribution in [0, 0.1) is 18.6 Å². The molecule has 8 nitrogen and oxygen atoms in total. The Morgan fingerprint density at radius 2 is 1.93 bits per heavy atom. The Bertz CT molecular complexity index is 1160. The Balaban J connectivity index is 1.56. The molecular formula is C19H23N8S+. The van der Waals surface area contributed by atoms with E-state index in [0.29, 0.717) is 17.2 Å². The second-order valence-corrected chi connectivity index (χ2v) is 7.48. The van der Waals surface area contributed by atoms with Gasteiger partial charge in [0.15, 0.2) is 6.67 Å². The molecule has 4 rings (SSSR count). The highest BCUT2D eigenvalue weighted by atomic mass is 32.1. The van der Waals surface area contributed by atoms with Crippen molar-refractivity contribution in [1.29, 1.82) is 0 Å². The summed E-state index contributed by atoms with van der Waals surface area (Å²) >= 11 is 5.64. The maximum atomic E-state index is 5.64. The number of rotatable bonds is 5. The summed E-state index contributed by atoms with van der Waals surface area (Å²) in [6.45, 7) is 6.86. The number of nitrogens with zero attached hydrogens (tertiary/aromatic N) is 7. The highest BCUT2D eigenvalue weighted by molar-refractivity contribution is 7.71. The number of fused-ring (bicyclic) bond motifs is 1. The van der Waals surface area contributed by atoms with Crippen molar-refractivity contribution < 1.29 is 4.90 Å². The number of hydrogen-bond donors (Lipinski definition) is 1. The smallest absolute Gasteiger partial charge is 0.254 e. The van der Waals surface area contributed by atoms with Crippen molar-refractivity contribution in [3.63, 3.8) is 0 Å². The Morgan fingerprint density at radius 3 is 2.61 bits per heavy atom. The summed E-state index contributed by atoms with van der Waals surface area (Å²) < 4.78 is 6.21. The number of quaternary nitrogens is 1. The zero-order valence-corrected chi connectivity index (χ0v) is 17.2. The lowest BCUT2D eigenvalue weighted by Gasteiger charge is -2.21. The molecule has 0 radical (unpaired) electrons. The minimum absolute atomic E-state index is 0.271. The topological polar surface area (TPSA) is 70.3 Å². The molecule has 0 aliphatic carbocycles. The molecule has 0 saturated carbocycles. The largest absolute Gasteiger partial charge is 0.313 e. The zero-order chi connectivity index (χ0) is 19.8. The van der Waals surface area contributed by atoms with E-state index in [-0.39, 0.29) is 6.04 Å². The van der Waals surface area contributed by atoms with Gasteiger partial charge in [-0.3, -0.25) is 4.40 Å². The highest BCUT2D eigenvalue weighted by Gasteiger charge is 2.18. The highest BCUT2D eigenvalue weighted by Crippen LogP contribution is 2.13. The van der Waals surface area contributed by atoms with Crippen molar-refractivity contribution in [3.8, 4) is 5.69 Å². The van der Waals surface area contributed by atoms with Gasteiger partial charge in [0.05, 0.1) is 12.7 Å². The molecule has 1 unspecified atom stereocenters. The van der Waals surface area contributed by atoms with E-state index in [1.807, 2.05) is 29.0 Å². The molecule has 28 heavy (non-hydrogen) atoms. The first kappa shape index (κ1) is 18.5. The van der Waals surface area contributed by atoms with E-state index in [4.69, 9.17) is 12.2 Å². The van der Waals surface area contributed by atoms with Gasteiger partial charge in [0.2, 0.25) is 4.77 Å². The molecule has 3 heterocycles. The average Bonchev–Trinajstić information content (AvgIpc) is 3.30. The molecule has 1 N–H and O–H groups in total. The van der Waals surface area contributed by atoms with E-state index in [1.54, 1.807) is 11.0 Å². The lowest BCUT2D eigenvalue weighted by molar-refractivity contribution is -0.933. The Morgan fingerprint density at radius 1 is 1.18 bits per heavy atom. The van der Waals surface area contributed by atoms with Crippen LogP contribution < -0.4 is 4.90 Å². The van der Waals surface area contributed by atoms with E-state index in [2.05, 4.69) is 58.4 Å². The molecule has 3 aromatic heterocycles. The van der Waals surface area contributed by atoms with Crippen LogP contribution in [0.3, 0.4) is 0 Å². The van der Waals surface area contributed by atoms with Crippen LogP contribution in [0.2, 0.25) is 0 Å². The van der Waals surface area contributed by atoms with Gasteiger partial charge in [-0.15, -0.1) is 5.10 Å². The van der Waals surface area contributed by atoms with Crippen molar-refractivity contribution in [2.24, 2.45) is 0 Å². The summed E-state index contributed by atoms with van der Waals surface area (Å²) in [6.07, 6.45) is 3.23. The zero-order valence-electron chi connectivity index (χ0n) is 16.4. The third-order valence-corrected chi connectivity index (χ3v) is 5.48. The number of aryl methyl sites for hydroxylation is 2. The van der Waals surface area contributed by atoms with Crippen LogP contribution in [-0.4, -0.2) is 41.0 Å². The number of hydrogen-bond acceptors (Lipinski definition) is 5. The molecule has 0 aliphatic rings. The van der Waals surface area contributed by atoms with Gasteiger partial charge >= 0.3 is 0 Å². The fourth-order valence-corrected chi connectivity index (χ4v) is 3.68. The fourth-order valence-electron chi connectivity index (χ4n) is 3.35. The predicted octanol–water partition coefficient (Wildman–Crippen LogP) is 1.69. The van der Waals surface area contributed by atoms with Crippen molar-refractivity contribution in [2.75, 3.05) is 7.05 Å². The maximum absolute atomic E-state index is 5.64. The van der Waals surface area contributed by atoms with Gasteiger partial charge in [-0.25, -0.2) is 14.6 Å². The Kier molecular flexibility index (Phi) is 4.78. The standard InChI is InChI=1S/C19H22N8S/c1-13-9-14(2)27-18(22-13)23-26(19(27)28)12-24(4)15(3)16-5-7-17(8-6-16)25-11-20-10-21-25/h5-11,15H,12H2,1-4H3/p+1/t15-/m0/s1. The lowest BCUT2D eigenvalue weighted by Crippen LogP contribution is -3.08. The van der Waals surface area contributed by atoms with E-state index in [0.717, 1.165) is 17.1 Å². The number of nitrogens with one attached hydrogen (secondary N) is 1. The molecule has 0 bridgehead atoms. The normalized spacial score (nSPS) is 13.7. The van der Waals surface area contributed by atoms with Crippen molar-refractivity contribution in [1.82, 2.24) is 33.9 Å². The molecule has 0 spiro atoms. The van der Waals surface area contributed by atoms with Gasteiger partial charge < -0.3 is 4.90 Å². The third kappa shape index (κ3) is 3.34.